The Morgan fingerprint density at radius 3 is 2.50 bits per heavy atom. The van der Waals surface area contributed by atoms with Crippen molar-refractivity contribution in [3.05, 3.63) is 29.3 Å². The number of halogens is 1. The molecule has 2 N–H and O–H groups in total. The molecule has 0 spiro atoms. The molecule has 0 amide bonds. The maximum Gasteiger partial charge on any atom is 0.130 e. The van der Waals surface area contributed by atoms with E-state index in [1.165, 1.54) is 13.8 Å². The van der Waals surface area contributed by atoms with Crippen LogP contribution in [0.15, 0.2) is 18.2 Å². The Bertz CT molecular complexity index is 318. The topological polar surface area (TPSA) is 35.2 Å². The minimum Gasteiger partial charge on any atom is -0.496 e. The van der Waals surface area contributed by atoms with Gasteiger partial charge in [0, 0.05) is 12.1 Å². The van der Waals surface area contributed by atoms with Gasteiger partial charge < -0.3 is 10.5 Å². The molecule has 0 aliphatic heterocycles. The lowest BCUT2D eigenvalue weighted by atomic mass is 9.97. The van der Waals surface area contributed by atoms with E-state index in [0.29, 0.717) is 17.9 Å². The van der Waals surface area contributed by atoms with E-state index < -0.39 is 5.67 Å². The number of rotatable bonds is 3. The Kier molecular flexibility index (Phi) is 3.11. The summed E-state index contributed by atoms with van der Waals surface area (Å²) < 4.78 is 18.7. The Morgan fingerprint density at radius 2 is 2.07 bits per heavy atom. The van der Waals surface area contributed by atoms with Gasteiger partial charge in [-0.25, -0.2) is 4.39 Å². The molecule has 0 saturated carbocycles. The van der Waals surface area contributed by atoms with Crippen LogP contribution in [0.3, 0.4) is 0 Å². The standard InChI is InChI=1S/C11H16FNO/c1-11(2,12)9-4-5-10(14-3)8(6-9)7-13/h4-6H,7,13H2,1-3H3. The summed E-state index contributed by atoms with van der Waals surface area (Å²) in [6.45, 7) is 3.40. The summed E-state index contributed by atoms with van der Waals surface area (Å²) in [7, 11) is 1.58. The third kappa shape index (κ3) is 2.23. The number of benzene rings is 1. The average Bonchev–Trinajstić information content (AvgIpc) is 2.15. The first kappa shape index (κ1) is 11.0. The van der Waals surface area contributed by atoms with Crippen LogP contribution >= 0.6 is 0 Å². The maximum absolute atomic E-state index is 13.6. The zero-order chi connectivity index (χ0) is 10.8. The van der Waals surface area contributed by atoms with Crippen LogP contribution < -0.4 is 10.5 Å². The molecular weight excluding hydrogens is 181 g/mol. The van der Waals surface area contributed by atoms with E-state index in [1.807, 2.05) is 0 Å². The Balaban J connectivity index is 3.14. The summed E-state index contributed by atoms with van der Waals surface area (Å²) in [4.78, 5) is 0. The molecule has 0 aliphatic carbocycles. The van der Waals surface area contributed by atoms with E-state index in [0.717, 1.165) is 5.56 Å². The van der Waals surface area contributed by atoms with Gasteiger partial charge in [-0.2, -0.15) is 0 Å². The quantitative estimate of drug-likeness (QED) is 0.807. The van der Waals surface area contributed by atoms with Crippen molar-refractivity contribution in [3.63, 3.8) is 0 Å². The van der Waals surface area contributed by atoms with Gasteiger partial charge in [-0.15, -0.1) is 0 Å². The van der Waals surface area contributed by atoms with Crippen LogP contribution in [0.1, 0.15) is 25.0 Å². The van der Waals surface area contributed by atoms with E-state index in [-0.39, 0.29) is 0 Å². The molecule has 0 heterocycles. The molecule has 0 atom stereocenters. The van der Waals surface area contributed by atoms with Gasteiger partial charge in [0.25, 0.3) is 0 Å². The number of ether oxygens (including phenoxy) is 1. The fourth-order valence-electron chi connectivity index (χ4n) is 1.31. The van der Waals surface area contributed by atoms with Crippen LogP contribution in [0.5, 0.6) is 5.75 Å². The number of nitrogens with two attached hydrogens (primary N) is 1. The average molecular weight is 197 g/mol. The fourth-order valence-corrected chi connectivity index (χ4v) is 1.31. The molecule has 1 aromatic rings. The van der Waals surface area contributed by atoms with E-state index in [4.69, 9.17) is 10.5 Å². The predicted octanol–water partition coefficient (Wildman–Crippen LogP) is 2.36. The van der Waals surface area contributed by atoms with Gasteiger partial charge in [0.2, 0.25) is 0 Å². The first-order valence-electron chi connectivity index (χ1n) is 4.55. The van der Waals surface area contributed by atoms with Gasteiger partial charge in [-0.05, 0) is 31.5 Å². The van der Waals surface area contributed by atoms with Gasteiger partial charge in [0.1, 0.15) is 11.4 Å². The Labute approximate surface area is 83.9 Å². The molecular formula is C11H16FNO. The zero-order valence-electron chi connectivity index (χ0n) is 8.80. The molecule has 14 heavy (non-hydrogen) atoms. The van der Waals surface area contributed by atoms with Crippen molar-refractivity contribution in [3.8, 4) is 5.75 Å². The second kappa shape index (κ2) is 3.96. The molecule has 78 valence electrons. The lowest BCUT2D eigenvalue weighted by molar-refractivity contribution is 0.221. The van der Waals surface area contributed by atoms with Crippen LogP contribution in [-0.4, -0.2) is 7.11 Å². The summed E-state index contributed by atoms with van der Waals surface area (Å²) in [5, 5.41) is 0. The van der Waals surface area contributed by atoms with Crippen molar-refractivity contribution in [2.45, 2.75) is 26.1 Å². The van der Waals surface area contributed by atoms with Crippen molar-refractivity contribution >= 4 is 0 Å². The van der Waals surface area contributed by atoms with Crippen molar-refractivity contribution in [1.82, 2.24) is 0 Å². The highest BCUT2D eigenvalue weighted by Crippen LogP contribution is 2.28. The molecule has 0 bridgehead atoms. The lowest BCUT2D eigenvalue weighted by Gasteiger charge is -2.17. The molecule has 0 unspecified atom stereocenters. The molecule has 1 aromatic carbocycles. The second-order valence-electron chi connectivity index (χ2n) is 3.70. The molecule has 0 aliphatic rings. The van der Waals surface area contributed by atoms with Crippen LogP contribution in [0.25, 0.3) is 0 Å². The molecule has 0 fully saturated rings. The lowest BCUT2D eigenvalue weighted by Crippen LogP contribution is -2.10. The normalized spacial score (nSPS) is 11.5. The molecule has 0 aromatic heterocycles. The largest absolute Gasteiger partial charge is 0.496 e. The SMILES string of the molecule is COc1ccc(C(C)(C)F)cc1CN. The van der Waals surface area contributed by atoms with E-state index in [1.54, 1.807) is 25.3 Å². The maximum atomic E-state index is 13.6. The number of hydrogen-bond acceptors (Lipinski definition) is 2. The Hall–Kier alpha value is -1.09. The van der Waals surface area contributed by atoms with Crippen LogP contribution in [0.2, 0.25) is 0 Å². The van der Waals surface area contributed by atoms with E-state index in [9.17, 15) is 4.39 Å². The number of alkyl halides is 1. The highest BCUT2D eigenvalue weighted by Gasteiger charge is 2.19. The van der Waals surface area contributed by atoms with Gasteiger partial charge in [0.15, 0.2) is 0 Å². The first-order chi connectivity index (χ1) is 6.49. The smallest absolute Gasteiger partial charge is 0.130 e. The summed E-state index contributed by atoms with van der Waals surface area (Å²) >= 11 is 0. The summed E-state index contributed by atoms with van der Waals surface area (Å²) in [5.74, 6) is 0.709. The van der Waals surface area contributed by atoms with Crippen molar-refractivity contribution in [1.29, 1.82) is 0 Å². The molecule has 2 nitrogen and oxygen atoms in total. The molecule has 0 radical (unpaired) electrons. The second-order valence-corrected chi connectivity index (χ2v) is 3.70. The van der Waals surface area contributed by atoms with Crippen molar-refractivity contribution < 1.29 is 9.13 Å². The van der Waals surface area contributed by atoms with Gasteiger partial charge in [-0.1, -0.05) is 6.07 Å². The van der Waals surface area contributed by atoms with Gasteiger partial charge in [0.05, 0.1) is 7.11 Å². The van der Waals surface area contributed by atoms with E-state index in [2.05, 4.69) is 0 Å². The predicted molar refractivity (Wildman–Crippen MR) is 55.0 cm³/mol. The number of hydrogen-bond donors (Lipinski definition) is 1. The number of methoxy groups -OCH3 is 1. The third-order valence-corrected chi connectivity index (χ3v) is 2.19. The Morgan fingerprint density at radius 1 is 1.43 bits per heavy atom. The van der Waals surface area contributed by atoms with Crippen molar-refractivity contribution in [2.75, 3.05) is 7.11 Å². The monoisotopic (exact) mass is 197 g/mol. The van der Waals surface area contributed by atoms with Gasteiger partial charge in [-0.3, -0.25) is 0 Å². The fraction of sp³-hybridized carbons (Fsp3) is 0.455. The zero-order valence-corrected chi connectivity index (χ0v) is 8.80. The molecule has 0 saturated heterocycles. The summed E-state index contributed by atoms with van der Waals surface area (Å²) in [5.41, 5.74) is 5.65. The molecule has 1 rings (SSSR count). The van der Waals surface area contributed by atoms with E-state index >= 15 is 0 Å². The summed E-state index contributed by atoms with van der Waals surface area (Å²) in [6, 6.07) is 5.22. The van der Waals surface area contributed by atoms with Crippen LogP contribution in [-0.2, 0) is 12.2 Å². The van der Waals surface area contributed by atoms with Crippen LogP contribution in [0, 0.1) is 0 Å². The first-order valence-corrected chi connectivity index (χ1v) is 4.55. The van der Waals surface area contributed by atoms with Gasteiger partial charge >= 0.3 is 0 Å². The molecule has 3 heteroatoms. The third-order valence-electron chi connectivity index (χ3n) is 2.19. The van der Waals surface area contributed by atoms with Crippen molar-refractivity contribution in [2.24, 2.45) is 5.73 Å². The highest BCUT2D eigenvalue weighted by atomic mass is 19.1. The minimum absolute atomic E-state index is 0.354. The minimum atomic E-state index is -1.34. The summed E-state index contributed by atoms with van der Waals surface area (Å²) in [6.07, 6.45) is 0. The van der Waals surface area contributed by atoms with Crippen LogP contribution in [0.4, 0.5) is 4.39 Å². The highest BCUT2D eigenvalue weighted by molar-refractivity contribution is 5.38.